The minimum absolute atomic E-state index is 0.0483. The first-order chi connectivity index (χ1) is 14.8. The Morgan fingerprint density at radius 3 is 2.29 bits per heavy atom. The number of amides is 2. The summed E-state index contributed by atoms with van der Waals surface area (Å²) in [6.45, 7) is 8.96. The van der Waals surface area contributed by atoms with Crippen LogP contribution in [0.15, 0.2) is 48.2 Å². The number of para-hydroxylation sites is 1. The summed E-state index contributed by atoms with van der Waals surface area (Å²) in [6.07, 6.45) is -0.0966. The topological polar surface area (TPSA) is 59.1 Å². The molecule has 0 saturated carbocycles. The van der Waals surface area contributed by atoms with E-state index in [1.807, 2.05) is 75.1 Å². The number of anilines is 1. The molecule has 0 aliphatic carbocycles. The lowest BCUT2D eigenvalue weighted by Gasteiger charge is -2.37. The van der Waals surface area contributed by atoms with Crippen LogP contribution in [0, 0.1) is 13.8 Å². The van der Waals surface area contributed by atoms with E-state index in [2.05, 4.69) is 0 Å². The highest BCUT2D eigenvalue weighted by molar-refractivity contribution is 6.45. The molecule has 2 aliphatic heterocycles. The van der Waals surface area contributed by atoms with E-state index >= 15 is 0 Å². The second-order valence-corrected chi connectivity index (χ2v) is 8.25. The van der Waals surface area contributed by atoms with Gasteiger partial charge < -0.3 is 14.4 Å². The van der Waals surface area contributed by atoms with Crippen LogP contribution < -0.4 is 9.64 Å². The summed E-state index contributed by atoms with van der Waals surface area (Å²) in [4.78, 5) is 30.9. The monoisotopic (exact) mass is 420 g/mol. The van der Waals surface area contributed by atoms with E-state index in [0.717, 1.165) is 11.1 Å². The molecule has 6 nitrogen and oxygen atoms in total. The minimum atomic E-state index is -0.329. The molecule has 1 saturated heterocycles. The zero-order valence-electron chi connectivity index (χ0n) is 18.6. The first-order valence-corrected chi connectivity index (χ1v) is 10.6. The van der Waals surface area contributed by atoms with Gasteiger partial charge in [0.1, 0.15) is 11.4 Å². The Bertz CT molecular complexity index is 1060. The van der Waals surface area contributed by atoms with Gasteiger partial charge in [-0.15, -0.1) is 0 Å². The van der Waals surface area contributed by atoms with Crippen LogP contribution in [0.3, 0.4) is 0 Å². The molecule has 31 heavy (non-hydrogen) atoms. The fourth-order valence-corrected chi connectivity index (χ4v) is 4.46. The van der Waals surface area contributed by atoms with E-state index in [9.17, 15) is 9.59 Å². The molecule has 6 heteroatoms. The standard InChI is InChI=1S/C25H28N2O4/c1-15-9-8-11-20(18(15)4)27-24(28)22(19-10-6-7-12-21(19)30-5)23(25(27)29)26-13-16(2)31-17(3)14-26/h6-12,16-17H,13-14H2,1-5H3. The number of morpholine rings is 1. The zero-order valence-corrected chi connectivity index (χ0v) is 18.6. The van der Waals surface area contributed by atoms with Gasteiger partial charge >= 0.3 is 0 Å². The van der Waals surface area contributed by atoms with Crippen molar-refractivity contribution in [3.63, 3.8) is 0 Å². The lowest BCUT2D eigenvalue weighted by atomic mass is 10.0. The molecule has 0 radical (unpaired) electrons. The lowest BCUT2D eigenvalue weighted by Crippen LogP contribution is -2.47. The number of hydrogen-bond acceptors (Lipinski definition) is 5. The van der Waals surface area contributed by atoms with Gasteiger partial charge in [-0.3, -0.25) is 9.59 Å². The van der Waals surface area contributed by atoms with Crippen LogP contribution in [-0.2, 0) is 14.3 Å². The number of methoxy groups -OCH3 is 1. The number of ether oxygens (including phenoxy) is 2. The van der Waals surface area contributed by atoms with Gasteiger partial charge in [0.25, 0.3) is 11.8 Å². The number of aryl methyl sites for hydroxylation is 1. The van der Waals surface area contributed by atoms with Crippen molar-refractivity contribution in [3.05, 3.63) is 64.9 Å². The molecule has 0 spiro atoms. The summed E-state index contributed by atoms with van der Waals surface area (Å²) in [7, 11) is 1.57. The molecule has 1 fully saturated rings. The van der Waals surface area contributed by atoms with Crippen molar-refractivity contribution < 1.29 is 19.1 Å². The van der Waals surface area contributed by atoms with E-state index in [-0.39, 0.29) is 24.0 Å². The molecule has 0 bridgehead atoms. The van der Waals surface area contributed by atoms with Gasteiger partial charge in [0.15, 0.2) is 0 Å². The van der Waals surface area contributed by atoms with Crippen LogP contribution in [0.2, 0.25) is 0 Å². The molecule has 2 unspecified atom stereocenters. The van der Waals surface area contributed by atoms with Crippen molar-refractivity contribution >= 4 is 23.1 Å². The van der Waals surface area contributed by atoms with Crippen LogP contribution in [-0.4, -0.2) is 49.1 Å². The van der Waals surface area contributed by atoms with E-state index in [4.69, 9.17) is 9.47 Å². The van der Waals surface area contributed by atoms with E-state index < -0.39 is 0 Å². The highest BCUT2D eigenvalue weighted by atomic mass is 16.5. The van der Waals surface area contributed by atoms with Gasteiger partial charge in [0.05, 0.1) is 30.6 Å². The molecule has 2 amide bonds. The number of imide groups is 1. The Morgan fingerprint density at radius 1 is 0.935 bits per heavy atom. The highest BCUT2D eigenvalue weighted by Crippen LogP contribution is 2.40. The van der Waals surface area contributed by atoms with E-state index in [1.54, 1.807) is 7.11 Å². The Labute approximate surface area is 183 Å². The van der Waals surface area contributed by atoms with Crippen LogP contribution in [0.4, 0.5) is 5.69 Å². The van der Waals surface area contributed by atoms with E-state index in [1.165, 1.54) is 4.90 Å². The third kappa shape index (κ3) is 3.61. The zero-order chi connectivity index (χ0) is 22.3. The predicted molar refractivity (Wildman–Crippen MR) is 120 cm³/mol. The van der Waals surface area contributed by atoms with Crippen molar-refractivity contribution in [2.75, 3.05) is 25.1 Å². The smallest absolute Gasteiger partial charge is 0.282 e. The Kier molecular flexibility index (Phi) is 5.58. The molecule has 2 atom stereocenters. The van der Waals surface area contributed by atoms with E-state index in [0.29, 0.717) is 41.4 Å². The van der Waals surface area contributed by atoms with Gasteiger partial charge in [-0.25, -0.2) is 4.90 Å². The van der Waals surface area contributed by atoms with Crippen LogP contribution in [0.25, 0.3) is 5.57 Å². The number of nitrogens with zero attached hydrogens (tertiary/aromatic N) is 2. The Morgan fingerprint density at radius 2 is 1.61 bits per heavy atom. The molecule has 2 aromatic rings. The maximum atomic E-state index is 13.8. The fraction of sp³-hybridized carbons (Fsp3) is 0.360. The first kappa shape index (κ1) is 21.1. The summed E-state index contributed by atoms with van der Waals surface area (Å²) >= 11 is 0. The number of rotatable bonds is 4. The van der Waals surface area contributed by atoms with Gasteiger partial charge in [0.2, 0.25) is 0 Å². The molecular formula is C25H28N2O4. The van der Waals surface area contributed by atoms with Crippen molar-refractivity contribution in [2.24, 2.45) is 0 Å². The average molecular weight is 421 g/mol. The van der Waals surface area contributed by atoms with Crippen LogP contribution in [0.5, 0.6) is 5.75 Å². The van der Waals surface area contributed by atoms with Gasteiger partial charge in [-0.1, -0.05) is 30.3 Å². The van der Waals surface area contributed by atoms with Gasteiger partial charge in [0, 0.05) is 18.7 Å². The molecule has 2 aliphatic rings. The molecule has 0 N–H and O–H groups in total. The van der Waals surface area contributed by atoms with Gasteiger partial charge in [-0.2, -0.15) is 0 Å². The SMILES string of the molecule is COc1ccccc1C1=C(N2CC(C)OC(C)C2)C(=O)N(c2cccc(C)c2C)C1=O. The summed E-state index contributed by atoms with van der Waals surface area (Å²) in [5, 5.41) is 0. The average Bonchev–Trinajstić information content (AvgIpc) is 2.99. The number of carbonyl (C=O) groups excluding carboxylic acids is 2. The van der Waals surface area contributed by atoms with Crippen molar-refractivity contribution in [1.29, 1.82) is 0 Å². The molecule has 2 aromatic carbocycles. The Balaban J connectivity index is 1.90. The summed E-state index contributed by atoms with van der Waals surface area (Å²) in [5.74, 6) is -0.0702. The normalized spacial score (nSPS) is 21.8. The minimum Gasteiger partial charge on any atom is -0.496 e. The predicted octanol–water partition coefficient (Wildman–Crippen LogP) is 3.71. The molecular weight excluding hydrogens is 392 g/mol. The number of carbonyl (C=O) groups is 2. The van der Waals surface area contributed by atoms with Crippen molar-refractivity contribution in [1.82, 2.24) is 4.90 Å². The third-order valence-corrected chi connectivity index (χ3v) is 5.99. The van der Waals surface area contributed by atoms with Crippen molar-refractivity contribution in [2.45, 2.75) is 39.9 Å². The summed E-state index contributed by atoms with van der Waals surface area (Å²) in [5.41, 5.74) is 3.97. The van der Waals surface area contributed by atoms with Gasteiger partial charge in [-0.05, 0) is 51.0 Å². The second-order valence-electron chi connectivity index (χ2n) is 8.25. The summed E-state index contributed by atoms with van der Waals surface area (Å²) < 4.78 is 11.4. The van der Waals surface area contributed by atoms with Crippen LogP contribution in [0.1, 0.15) is 30.5 Å². The summed E-state index contributed by atoms with van der Waals surface area (Å²) in [6, 6.07) is 13.0. The molecule has 4 rings (SSSR count). The Hall–Kier alpha value is -3.12. The number of benzene rings is 2. The number of hydrogen-bond donors (Lipinski definition) is 0. The molecule has 162 valence electrons. The second kappa shape index (κ2) is 8.19. The highest BCUT2D eigenvalue weighted by Gasteiger charge is 2.45. The van der Waals surface area contributed by atoms with Crippen LogP contribution >= 0.6 is 0 Å². The molecule has 0 aromatic heterocycles. The maximum Gasteiger partial charge on any atom is 0.282 e. The quantitative estimate of drug-likeness (QED) is 0.706. The third-order valence-electron chi connectivity index (χ3n) is 5.99. The maximum absolute atomic E-state index is 13.8. The first-order valence-electron chi connectivity index (χ1n) is 10.6. The molecule has 2 heterocycles. The van der Waals surface area contributed by atoms with Crippen molar-refractivity contribution in [3.8, 4) is 5.75 Å². The lowest BCUT2D eigenvalue weighted by molar-refractivity contribution is -0.121. The fourth-order valence-electron chi connectivity index (χ4n) is 4.46. The largest absolute Gasteiger partial charge is 0.496 e.